The SMILES string of the molecule is CC(C)CCOc1ccc(C(=O)Nc2ccc(S(=O)(=O)Nc3nccs3)cc2)cc1Br. The third-order valence-electron chi connectivity index (χ3n) is 4.22. The van der Waals surface area contributed by atoms with E-state index in [1.54, 1.807) is 23.6 Å². The molecule has 2 aromatic carbocycles. The Labute approximate surface area is 194 Å². The van der Waals surface area contributed by atoms with Crippen molar-refractivity contribution in [1.82, 2.24) is 4.98 Å². The van der Waals surface area contributed by atoms with E-state index < -0.39 is 10.0 Å². The average molecular weight is 524 g/mol. The Morgan fingerprint density at radius 3 is 2.55 bits per heavy atom. The number of benzene rings is 2. The Morgan fingerprint density at radius 1 is 1.19 bits per heavy atom. The molecule has 0 aliphatic heterocycles. The van der Waals surface area contributed by atoms with Gasteiger partial charge in [-0.15, -0.1) is 11.3 Å². The number of thiazole rings is 1. The molecule has 164 valence electrons. The number of carbonyl (C=O) groups excluding carboxylic acids is 1. The number of anilines is 2. The van der Waals surface area contributed by atoms with E-state index in [9.17, 15) is 13.2 Å². The second-order valence-corrected chi connectivity index (χ2v) is 10.5. The van der Waals surface area contributed by atoms with Gasteiger partial charge in [-0.05, 0) is 70.7 Å². The molecule has 0 saturated carbocycles. The third kappa shape index (κ3) is 6.52. The van der Waals surface area contributed by atoms with Gasteiger partial charge < -0.3 is 10.1 Å². The van der Waals surface area contributed by atoms with E-state index in [2.05, 4.69) is 44.8 Å². The molecule has 0 fully saturated rings. The molecular weight excluding hydrogens is 502 g/mol. The van der Waals surface area contributed by atoms with Crippen LogP contribution >= 0.6 is 27.3 Å². The maximum absolute atomic E-state index is 12.6. The van der Waals surface area contributed by atoms with Gasteiger partial charge in [-0.2, -0.15) is 0 Å². The fourth-order valence-electron chi connectivity index (χ4n) is 2.53. The first-order valence-corrected chi connectivity index (χ1v) is 12.7. The number of amides is 1. The molecule has 0 spiro atoms. The van der Waals surface area contributed by atoms with E-state index >= 15 is 0 Å². The quantitative estimate of drug-likeness (QED) is 0.392. The minimum absolute atomic E-state index is 0.0753. The molecule has 1 heterocycles. The highest BCUT2D eigenvalue weighted by atomic mass is 79.9. The summed E-state index contributed by atoms with van der Waals surface area (Å²) in [6, 6.07) is 11.0. The maximum Gasteiger partial charge on any atom is 0.263 e. The average Bonchev–Trinajstić information content (AvgIpc) is 3.21. The topological polar surface area (TPSA) is 97.4 Å². The molecule has 0 radical (unpaired) electrons. The lowest BCUT2D eigenvalue weighted by molar-refractivity contribution is 0.102. The van der Waals surface area contributed by atoms with Crippen LogP contribution in [0.3, 0.4) is 0 Å². The van der Waals surface area contributed by atoms with Crippen molar-refractivity contribution in [3.05, 3.63) is 64.1 Å². The number of halogens is 1. The molecule has 0 saturated heterocycles. The molecule has 3 rings (SSSR count). The van der Waals surface area contributed by atoms with Crippen molar-refractivity contribution in [2.24, 2.45) is 5.92 Å². The predicted molar refractivity (Wildman–Crippen MR) is 126 cm³/mol. The van der Waals surface area contributed by atoms with Crippen molar-refractivity contribution in [2.45, 2.75) is 25.2 Å². The molecule has 2 N–H and O–H groups in total. The Bertz CT molecular complexity index is 1130. The molecule has 10 heteroatoms. The molecular formula is C21H22BrN3O4S2. The highest BCUT2D eigenvalue weighted by Crippen LogP contribution is 2.27. The van der Waals surface area contributed by atoms with Gasteiger partial charge in [0.2, 0.25) is 0 Å². The number of ether oxygens (including phenoxy) is 1. The summed E-state index contributed by atoms with van der Waals surface area (Å²) < 4.78 is 33.6. The van der Waals surface area contributed by atoms with Crippen molar-refractivity contribution in [1.29, 1.82) is 0 Å². The maximum atomic E-state index is 12.6. The van der Waals surface area contributed by atoms with Gasteiger partial charge in [0.1, 0.15) is 5.75 Å². The Balaban J connectivity index is 1.63. The number of nitrogens with one attached hydrogen (secondary N) is 2. The zero-order valence-corrected chi connectivity index (χ0v) is 20.2. The summed E-state index contributed by atoms with van der Waals surface area (Å²) in [6.45, 7) is 4.87. The van der Waals surface area contributed by atoms with Crippen LogP contribution in [0.1, 0.15) is 30.6 Å². The largest absolute Gasteiger partial charge is 0.492 e. The monoisotopic (exact) mass is 523 g/mol. The minimum Gasteiger partial charge on any atom is -0.492 e. The van der Waals surface area contributed by atoms with E-state index in [-0.39, 0.29) is 10.8 Å². The summed E-state index contributed by atoms with van der Waals surface area (Å²) in [6.07, 6.45) is 2.46. The van der Waals surface area contributed by atoms with Crippen LogP contribution in [-0.4, -0.2) is 25.9 Å². The van der Waals surface area contributed by atoms with Gasteiger partial charge in [0.25, 0.3) is 15.9 Å². The fraction of sp³-hybridized carbons (Fsp3) is 0.238. The third-order valence-corrected chi connectivity index (χ3v) is 7.02. The van der Waals surface area contributed by atoms with Gasteiger partial charge in [0.15, 0.2) is 5.13 Å². The summed E-state index contributed by atoms with van der Waals surface area (Å²) in [5.74, 6) is 0.916. The second kappa shape index (κ2) is 10.3. The number of nitrogens with zero attached hydrogens (tertiary/aromatic N) is 1. The molecule has 0 aliphatic carbocycles. The number of sulfonamides is 1. The molecule has 1 aromatic heterocycles. The van der Waals surface area contributed by atoms with E-state index in [0.29, 0.717) is 39.1 Å². The van der Waals surface area contributed by atoms with Gasteiger partial charge in [-0.3, -0.25) is 9.52 Å². The first-order valence-electron chi connectivity index (χ1n) is 9.50. The molecule has 0 atom stereocenters. The fourth-order valence-corrected chi connectivity index (χ4v) is 4.81. The van der Waals surface area contributed by atoms with Gasteiger partial charge >= 0.3 is 0 Å². The molecule has 1 amide bonds. The summed E-state index contributed by atoms with van der Waals surface area (Å²) in [4.78, 5) is 16.6. The highest BCUT2D eigenvalue weighted by Gasteiger charge is 2.16. The number of carbonyl (C=O) groups is 1. The van der Waals surface area contributed by atoms with Gasteiger partial charge in [0, 0.05) is 22.8 Å². The smallest absolute Gasteiger partial charge is 0.263 e. The van der Waals surface area contributed by atoms with Crippen LogP contribution in [0.5, 0.6) is 5.75 Å². The first kappa shape index (κ1) is 23.2. The zero-order valence-electron chi connectivity index (χ0n) is 17.0. The molecule has 3 aromatic rings. The predicted octanol–water partition coefficient (Wildman–Crippen LogP) is 5.38. The van der Waals surface area contributed by atoms with E-state index in [1.165, 1.54) is 41.8 Å². The highest BCUT2D eigenvalue weighted by molar-refractivity contribution is 9.10. The Morgan fingerprint density at radius 2 is 1.94 bits per heavy atom. The minimum atomic E-state index is -3.74. The van der Waals surface area contributed by atoms with Crippen LogP contribution in [-0.2, 0) is 10.0 Å². The second-order valence-electron chi connectivity index (χ2n) is 7.10. The summed E-state index contributed by atoms with van der Waals surface area (Å²) in [5, 5.41) is 4.73. The summed E-state index contributed by atoms with van der Waals surface area (Å²) in [7, 11) is -3.74. The summed E-state index contributed by atoms with van der Waals surface area (Å²) in [5.41, 5.74) is 0.928. The van der Waals surface area contributed by atoms with Crippen LogP contribution in [0.2, 0.25) is 0 Å². The lowest BCUT2D eigenvalue weighted by atomic mass is 10.1. The van der Waals surface area contributed by atoms with E-state index in [0.717, 1.165) is 6.42 Å². The van der Waals surface area contributed by atoms with Crippen molar-refractivity contribution in [3.63, 3.8) is 0 Å². The van der Waals surface area contributed by atoms with Crippen molar-refractivity contribution in [2.75, 3.05) is 16.6 Å². The molecule has 31 heavy (non-hydrogen) atoms. The lowest BCUT2D eigenvalue weighted by Crippen LogP contribution is -2.14. The Hall–Kier alpha value is -2.43. The van der Waals surface area contributed by atoms with E-state index in [4.69, 9.17) is 4.74 Å². The first-order chi connectivity index (χ1) is 14.7. The number of hydrogen-bond donors (Lipinski definition) is 2. The van der Waals surface area contributed by atoms with Crippen LogP contribution in [0, 0.1) is 5.92 Å². The number of hydrogen-bond acceptors (Lipinski definition) is 6. The molecule has 0 bridgehead atoms. The zero-order chi connectivity index (χ0) is 22.4. The standard InChI is InChI=1S/C21H22BrN3O4S2/c1-14(2)9-11-29-19-8-3-15(13-18(19)22)20(26)24-16-4-6-17(7-5-16)31(27,28)25-21-23-10-12-30-21/h3-8,10,12-14H,9,11H2,1-2H3,(H,23,25)(H,24,26). The number of aromatic nitrogens is 1. The van der Waals surface area contributed by atoms with E-state index in [1.807, 2.05) is 0 Å². The van der Waals surface area contributed by atoms with Crippen LogP contribution in [0.25, 0.3) is 0 Å². The van der Waals surface area contributed by atoms with Gasteiger partial charge in [0.05, 0.1) is 16.0 Å². The number of rotatable bonds is 9. The van der Waals surface area contributed by atoms with Crippen molar-refractivity contribution < 1.29 is 17.9 Å². The van der Waals surface area contributed by atoms with Crippen molar-refractivity contribution in [3.8, 4) is 5.75 Å². The molecule has 0 unspecified atom stereocenters. The molecule has 7 nitrogen and oxygen atoms in total. The van der Waals surface area contributed by atoms with Crippen LogP contribution in [0.4, 0.5) is 10.8 Å². The lowest BCUT2D eigenvalue weighted by Gasteiger charge is -2.11. The summed E-state index contributed by atoms with van der Waals surface area (Å²) >= 11 is 4.63. The van der Waals surface area contributed by atoms with Gasteiger partial charge in [-0.25, -0.2) is 13.4 Å². The molecule has 0 aliphatic rings. The van der Waals surface area contributed by atoms with Crippen LogP contribution in [0.15, 0.2) is 63.4 Å². The van der Waals surface area contributed by atoms with Crippen molar-refractivity contribution >= 4 is 54.0 Å². The normalized spacial score (nSPS) is 11.4. The Kier molecular flexibility index (Phi) is 7.69. The van der Waals surface area contributed by atoms with Crippen LogP contribution < -0.4 is 14.8 Å². The van der Waals surface area contributed by atoms with Gasteiger partial charge in [-0.1, -0.05) is 13.8 Å².